The second-order valence-electron chi connectivity index (χ2n) is 5.16. The smallest absolute Gasteiger partial charge is 0.265 e. The highest BCUT2D eigenvalue weighted by molar-refractivity contribution is 7.92. The van der Waals surface area contributed by atoms with Crippen LogP contribution in [0.2, 0.25) is 10.0 Å². The summed E-state index contributed by atoms with van der Waals surface area (Å²) in [6.45, 7) is 0. The first-order chi connectivity index (χ1) is 12.4. The van der Waals surface area contributed by atoms with E-state index in [-0.39, 0.29) is 26.5 Å². The first-order valence-electron chi connectivity index (χ1n) is 7.28. The van der Waals surface area contributed by atoms with Gasteiger partial charge in [-0.05, 0) is 47.8 Å². The van der Waals surface area contributed by atoms with E-state index in [1.165, 1.54) is 41.7 Å². The van der Waals surface area contributed by atoms with Crippen molar-refractivity contribution in [1.82, 2.24) is 0 Å². The summed E-state index contributed by atoms with van der Waals surface area (Å²) in [5, 5.41) is 4.88. The third-order valence-electron chi connectivity index (χ3n) is 3.36. The van der Waals surface area contributed by atoms with Gasteiger partial charge >= 0.3 is 0 Å². The van der Waals surface area contributed by atoms with Crippen molar-refractivity contribution in [2.24, 2.45) is 0 Å². The molecule has 0 fully saturated rings. The number of anilines is 2. The number of hydrogen-bond donors (Lipinski definition) is 2. The number of carbonyl (C=O) groups is 1. The summed E-state index contributed by atoms with van der Waals surface area (Å²) in [4.78, 5) is 12.6. The van der Waals surface area contributed by atoms with Crippen LogP contribution in [0.4, 0.5) is 11.4 Å². The Balaban J connectivity index is 1.76. The number of halogens is 2. The van der Waals surface area contributed by atoms with Crippen molar-refractivity contribution < 1.29 is 13.2 Å². The van der Waals surface area contributed by atoms with E-state index in [1.807, 2.05) is 0 Å². The van der Waals surface area contributed by atoms with Gasteiger partial charge in [-0.2, -0.15) is 0 Å². The molecule has 0 aliphatic rings. The van der Waals surface area contributed by atoms with Crippen LogP contribution in [-0.4, -0.2) is 14.3 Å². The Morgan fingerprint density at radius 2 is 1.69 bits per heavy atom. The molecule has 3 aromatic rings. The number of thiophene rings is 1. The van der Waals surface area contributed by atoms with Crippen molar-refractivity contribution in [2.45, 2.75) is 4.90 Å². The summed E-state index contributed by atoms with van der Waals surface area (Å²) in [7, 11) is -3.84. The van der Waals surface area contributed by atoms with Crippen molar-refractivity contribution >= 4 is 61.8 Å². The molecule has 5 nitrogen and oxygen atoms in total. The zero-order chi connectivity index (χ0) is 18.7. The van der Waals surface area contributed by atoms with Crippen LogP contribution in [0.5, 0.6) is 0 Å². The Kier molecular flexibility index (Phi) is 5.52. The molecule has 0 bridgehead atoms. The van der Waals surface area contributed by atoms with Crippen LogP contribution in [0.15, 0.2) is 64.9 Å². The van der Waals surface area contributed by atoms with Crippen LogP contribution in [0.25, 0.3) is 0 Å². The van der Waals surface area contributed by atoms with Gasteiger partial charge in [-0.1, -0.05) is 35.3 Å². The van der Waals surface area contributed by atoms with Gasteiger partial charge in [0, 0.05) is 5.69 Å². The van der Waals surface area contributed by atoms with Crippen molar-refractivity contribution in [2.75, 3.05) is 10.0 Å². The topological polar surface area (TPSA) is 75.3 Å². The summed E-state index contributed by atoms with van der Waals surface area (Å²) < 4.78 is 27.4. The van der Waals surface area contributed by atoms with Gasteiger partial charge in [0.25, 0.3) is 15.9 Å². The molecule has 26 heavy (non-hydrogen) atoms. The quantitative estimate of drug-likeness (QED) is 0.594. The number of sulfonamides is 1. The van der Waals surface area contributed by atoms with E-state index in [1.54, 1.807) is 29.6 Å². The average molecular weight is 427 g/mol. The van der Waals surface area contributed by atoms with Gasteiger partial charge < -0.3 is 5.32 Å². The van der Waals surface area contributed by atoms with Crippen molar-refractivity contribution in [1.29, 1.82) is 0 Å². The summed E-state index contributed by atoms with van der Waals surface area (Å²) in [5.74, 6) is -0.251. The van der Waals surface area contributed by atoms with Gasteiger partial charge in [-0.3, -0.25) is 9.52 Å². The molecule has 2 aromatic carbocycles. The number of rotatable bonds is 5. The van der Waals surface area contributed by atoms with Gasteiger partial charge in [0.05, 0.1) is 25.5 Å². The van der Waals surface area contributed by atoms with E-state index in [9.17, 15) is 13.2 Å². The molecule has 0 saturated heterocycles. The third-order valence-corrected chi connectivity index (χ3v) is 6.43. The highest BCUT2D eigenvalue weighted by Crippen LogP contribution is 2.31. The Bertz CT molecular complexity index is 1030. The average Bonchev–Trinajstić information content (AvgIpc) is 3.14. The molecule has 3 rings (SSSR count). The summed E-state index contributed by atoms with van der Waals surface area (Å²) >= 11 is 13.2. The zero-order valence-corrected chi connectivity index (χ0v) is 16.2. The number of amides is 1. The normalized spacial score (nSPS) is 11.2. The molecule has 1 amide bonds. The highest BCUT2D eigenvalue weighted by Gasteiger charge is 2.17. The maximum atomic E-state index is 12.5. The minimum Gasteiger partial charge on any atom is -0.321 e. The summed E-state index contributed by atoms with van der Waals surface area (Å²) in [6.07, 6.45) is 0. The van der Waals surface area contributed by atoms with Gasteiger partial charge in [-0.25, -0.2) is 8.42 Å². The second kappa shape index (κ2) is 7.67. The third kappa shape index (κ3) is 4.19. The number of nitrogens with one attached hydrogen (secondary N) is 2. The van der Waals surface area contributed by atoms with Gasteiger partial charge in [0.2, 0.25) is 0 Å². The van der Waals surface area contributed by atoms with Crippen molar-refractivity contribution in [3.05, 3.63) is 74.9 Å². The SMILES string of the molecule is O=C(Nc1ccc(S(=O)(=O)Nc2cccc(Cl)c2Cl)cc1)c1cccs1. The lowest BCUT2D eigenvalue weighted by Crippen LogP contribution is -2.14. The summed E-state index contributed by atoms with van der Waals surface area (Å²) in [5.41, 5.74) is 0.678. The Labute approximate surface area is 164 Å². The van der Waals surface area contributed by atoms with Crippen molar-refractivity contribution in [3.8, 4) is 0 Å². The van der Waals surface area contributed by atoms with Crippen LogP contribution in [0.1, 0.15) is 9.67 Å². The number of carbonyl (C=O) groups excluding carboxylic acids is 1. The molecule has 0 saturated carbocycles. The van der Waals surface area contributed by atoms with Gasteiger partial charge in [0.1, 0.15) is 0 Å². The molecule has 0 aliphatic carbocycles. The lowest BCUT2D eigenvalue weighted by molar-refractivity contribution is 0.103. The lowest BCUT2D eigenvalue weighted by atomic mass is 10.3. The van der Waals surface area contributed by atoms with E-state index >= 15 is 0 Å². The van der Waals surface area contributed by atoms with Crippen LogP contribution in [0, 0.1) is 0 Å². The van der Waals surface area contributed by atoms with E-state index in [2.05, 4.69) is 10.0 Å². The minimum atomic E-state index is -3.84. The van der Waals surface area contributed by atoms with Gasteiger partial charge in [-0.15, -0.1) is 11.3 Å². The molecule has 0 atom stereocenters. The fraction of sp³-hybridized carbons (Fsp3) is 0. The van der Waals surface area contributed by atoms with E-state index in [0.29, 0.717) is 10.6 Å². The van der Waals surface area contributed by atoms with Crippen LogP contribution >= 0.6 is 34.5 Å². The maximum Gasteiger partial charge on any atom is 0.265 e. The first-order valence-corrected chi connectivity index (χ1v) is 10.4. The van der Waals surface area contributed by atoms with Crippen LogP contribution < -0.4 is 10.0 Å². The molecular formula is C17H12Cl2N2O3S2. The highest BCUT2D eigenvalue weighted by atomic mass is 35.5. The largest absolute Gasteiger partial charge is 0.321 e. The van der Waals surface area contributed by atoms with E-state index in [4.69, 9.17) is 23.2 Å². The molecule has 0 aliphatic heterocycles. The lowest BCUT2D eigenvalue weighted by Gasteiger charge is -2.11. The number of benzene rings is 2. The molecular weight excluding hydrogens is 415 g/mol. The Morgan fingerprint density at radius 1 is 0.962 bits per heavy atom. The standard InChI is InChI=1S/C17H12Cl2N2O3S2/c18-13-3-1-4-14(16(13)19)21-26(23,24)12-8-6-11(7-9-12)20-17(22)15-5-2-10-25-15/h1-10,21H,(H,20,22). The molecule has 0 unspecified atom stereocenters. The molecule has 0 spiro atoms. The second-order valence-corrected chi connectivity index (χ2v) is 8.58. The van der Waals surface area contributed by atoms with E-state index in [0.717, 1.165) is 0 Å². The van der Waals surface area contributed by atoms with E-state index < -0.39 is 10.0 Å². The van der Waals surface area contributed by atoms with Crippen molar-refractivity contribution in [3.63, 3.8) is 0 Å². The molecule has 1 heterocycles. The number of hydrogen-bond acceptors (Lipinski definition) is 4. The fourth-order valence-corrected chi connectivity index (χ4v) is 4.20. The molecule has 1 aromatic heterocycles. The predicted octanol–water partition coefficient (Wildman–Crippen LogP) is 5.11. The predicted molar refractivity (Wildman–Crippen MR) is 106 cm³/mol. The minimum absolute atomic E-state index is 0.0302. The first kappa shape index (κ1) is 18.7. The molecule has 134 valence electrons. The van der Waals surface area contributed by atoms with Gasteiger partial charge in [0.15, 0.2) is 0 Å². The Hall–Kier alpha value is -2.06. The Morgan fingerprint density at radius 3 is 2.35 bits per heavy atom. The van der Waals surface area contributed by atoms with Crippen LogP contribution in [0.3, 0.4) is 0 Å². The fourth-order valence-electron chi connectivity index (χ4n) is 2.10. The molecule has 9 heteroatoms. The molecule has 0 radical (unpaired) electrons. The monoisotopic (exact) mass is 426 g/mol. The van der Waals surface area contributed by atoms with Crippen LogP contribution in [-0.2, 0) is 10.0 Å². The molecule has 2 N–H and O–H groups in total. The summed E-state index contributed by atoms with van der Waals surface area (Å²) in [6, 6.07) is 14.0. The zero-order valence-electron chi connectivity index (χ0n) is 13.1. The maximum absolute atomic E-state index is 12.5.